The third-order valence-corrected chi connectivity index (χ3v) is 2.51. The fourth-order valence-electron chi connectivity index (χ4n) is 1.45. The van der Waals surface area contributed by atoms with Crippen LogP contribution in [0.1, 0.15) is 18.1 Å². The summed E-state index contributed by atoms with van der Waals surface area (Å²) in [4.78, 5) is 0. The Kier molecular flexibility index (Phi) is 5.58. The molecule has 1 atom stereocenters. The van der Waals surface area contributed by atoms with Gasteiger partial charge in [-0.25, -0.2) is 0 Å². The van der Waals surface area contributed by atoms with E-state index in [1.165, 1.54) is 0 Å². The number of aliphatic hydroxyl groups is 2. The lowest BCUT2D eigenvalue weighted by molar-refractivity contribution is 0.00254. The molecule has 1 aromatic carbocycles. The minimum Gasteiger partial charge on any atom is -0.393 e. The molecular weight excluding hydrogens is 218 g/mol. The van der Waals surface area contributed by atoms with E-state index in [1.54, 1.807) is 14.0 Å². The van der Waals surface area contributed by atoms with Crippen LogP contribution < -0.4 is 5.32 Å². The molecule has 0 spiro atoms. The number of nitrogens with one attached hydrogen (secondary N) is 1. The average Bonchev–Trinajstić information content (AvgIpc) is 2.32. The standard InChI is InChI=1S/C13H21NO3/c1-13(16,10-15)9-14-7-11-3-5-12(6-4-11)8-17-2/h3-6,14-16H,7-10H2,1-2H3. The first kappa shape index (κ1) is 14.1. The van der Waals surface area contributed by atoms with E-state index in [9.17, 15) is 5.11 Å². The first-order chi connectivity index (χ1) is 8.07. The van der Waals surface area contributed by atoms with Crippen molar-refractivity contribution < 1.29 is 14.9 Å². The predicted molar refractivity (Wildman–Crippen MR) is 66.6 cm³/mol. The highest BCUT2D eigenvalue weighted by Crippen LogP contribution is 2.06. The normalized spacial score (nSPS) is 14.6. The van der Waals surface area contributed by atoms with E-state index in [4.69, 9.17) is 9.84 Å². The molecule has 0 fully saturated rings. The Morgan fingerprint density at radius 3 is 2.35 bits per heavy atom. The number of hydrogen-bond acceptors (Lipinski definition) is 4. The summed E-state index contributed by atoms with van der Waals surface area (Å²) in [6, 6.07) is 8.08. The summed E-state index contributed by atoms with van der Waals surface area (Å²) in [5.41, 5.74) is 1.22. The molecule has 3 N–H and O–H groups in total. The lowest BCUT2D eigenvalue weighted by Crippen LogP contribution is -2.40. The molecule has 96 valence electrons. The predicted octanol–water partition coefficient (Wildman–Crippen LogP) is 0.666. The zero-order chi connectivity index (χ0) is 12.7. The maximum absolute atomic E-state index is 9.59. The molecule has 0 aliphatic carbocycles. The molecule has 4 heteroatoms. The van der Waals surface area contributed by atoms with Crippen molar-refractivity contribution in [1.29, 1.82) is 0 Å². The van der Waals surface area contributed by atoms with Crippen LogP contribution in [0.25, 0.3) is 0 Å². The maximum Gasteiger partial charge on any atom is 0.0972 e. The summed E-state index contributed by atoms with van der Waals surface area (Å²) in [6.45, 7) is 3.01. The number of benzene rings is 1. The first-order valence-electron chi connectivity index (χ1n) is 5.68. The highest BCUT2D eigenvalue weighted by atomic mass is 16.5. The second-order valence-electron chi connectivity index (χ2n) is 4.51. The molecule has 17 heavy (non-hydrogen) atoms. The fourth-order valence-corrected chi connectivity index (χ4v) is 1.45. The van der Waals surface area contributed by atoms with Crippen LogP contribution in [0.4, 0.5) is 0 Å². The van der Waals surface area contributed by atoms with Crippen LogP contribution in [-0.4, -0.2) is 36.1 Å². The van der Waals surface area contributed by atoms with Gasteiger partial charge in [-0.1, -0.05) is 24.3 Å². The quantitative estimate of drug-likeness (QED) is 0.654. The number of hydrogen-bond donors (Lipinski definition) is 3. The molecule has 0 radical (unpaired) electrons. The fraction of sp³-hybridized carbons (Fsp3) is 0.538. The molecule has 0 aliphatic rings. The number of methoxy groups -OCH3 is 1. The summed E-state index contributed by atoms with van der Waals surface area (Å²) in [5, 5.41) is 21.6. The third kappa shape index (κ3) is 5.28. The van der Waals surface area contributed by atoms with Crippen LogP contribution in [0.2, 0.25) is 0 Å². The van der Waals surface area contributed by atoms with Crippen molar-refractivity contribution in [2.24, 2.45) is 0 Å². The van der Waals surface area contributed by atoms with Crippen LogP contribution in [0.3, 0.4) is 0 Å². The molecule has 0 heterocycles. The second kappa shape index (κ2) is 6.71. The zero-order valence-corrected chi connectivity index (χ0v) is 10.4. The lowest BCUT2D eigenvalue weighted by atomic mass is 10.1. The van der Waals surface area contributed by atoms with Crippen LogP contribution in [0.15, 0.2) is 24.3 Å². The molecule has 4 nitrogen and oxygen atoms in total. The van der Waals surface area contributed by atoms with Crippen molar-refractivity contribution in [2.45, 2.75) is 25.7 Å². The molecule has 0 saturated heterocycles. The zero-order valence-electron chi connectivity index (χ0n) is 10.4. The molecular formula is C13H21NO3. The first-order valence-corrected chi connectivity index (χ1v) is 5.68. The molecule has 1 aromatic rings. The lowest BCUT2D eigenvalue weighted by Gasteiger charge is -2.20. The van der Waals surface area contributed by atoms with Crippen molar-refractivity contribution >= 4 is 0 Å². The highest BCUT2D eigenvalue weighted by molar-refractivity contribution is 5.21. The summed E-state index contributed by atoms with van der Waals surface area (Å²) >= 11 is 0. The number of rotatable bonds is 7. The van der Waals surface area contributed by atoms with E-state index in [1.807, 2.05) is 24.3 Å². The van der Waals surface area contributed by atoms with Gasteiger partial charge in [0.05, 0.1) is 18.8 Å². The summed E-state index contributed by atoms with van der Waals surface area (Å²) in [5.74, 6) is 0. The van der Waals surface area contributed by atoms with E-state index in [-0.39, 0.29) is 6.61 Å². The van der Waals surface area contributed by atoms with Gasteiger partial charge in [0.1, 0.15) is 0 Å². The van der Waals surface area contributed by atoms with E-state index < -0.39 is 5.60 Å². The van der Waals surface area contributed by atoms with Crippen molar-refractivity contribution in [2.75, 3.05) is 20.3 Å². The Morgan fingerprint density at radius 2 is 1.82 bits per heavy atom. The highest BCUT2D eigenvalue weighted by Gasteiger charge is 2.17. The summed E-state index contributed by atoms with van der Waals surface area (Å²) < 4.78 is 5.03. The molecule has 0 bridgehead atoms. The van der Waals surface area contributed by atoms with Gasteiger partial charge in [-0.05, 0) is 18.1 Å². The van der Waals surface area contributed by atoms with E-state index in [0.29, 0.717) is 19.7 Å². The Bertz CT molecular complexity index is 322. The SMILES string of the molecule is COCc1ccc(CNCC(C)(O)CO)cc1. The monoisotopic (exact) mass is 239 g/mol. The maximum atomic E-state index is 9.59. The van der Waals surface area contributed by atoms with E-state index in [0.717, 1.165) is 11.1 Å². The van der Waals surface area contributed by atoms with Crippen molar-refractivity contribution in [3.8, 4) is 0 Å². The smallest absolute Gasteiger partial charge is 0.0972 e. The van der Waals surface area contributed by atoms with Gasteiger partial charge in [-0.15, -0.1) is 0 Å². The van der Waals surface area contributed by atoms with Gasteiger partial charge in [0.2, 0.25) is 0 Å². The summed E-state index contributed by atoms with van der Waals surface area (Å²) in [7, 11) is 1.67. The minimum absolute atomic E-state index is 0.243. The van der Waals surface area contributed by atoms with Crippen molar-refractivity contribution in [1.82, 2.24) is 5.32 Å². The van der Waals surface area contributed by atoms with E-state index in [2.05, 4.69) is 5.32 Å². The Morgan fingerprint density at radius 1 is 1.24 bits per heavy atom. The van der Waals surface area contributed by atoms with Crippen LogP contribution in [0.5, 0.6) is 0 Å². The van der Waals surface area contributed by atoms with Crippen LogP contribution in [-0.2, 0) is 17.9 Å². The molecule has 0 saturated carbocycles. The third-order valence-electron chi connectivity index (χ3n) is 2.51. The molecule has 0 aliphatic heterocycles. The van der Waals surface area contributed by atoms with Gasteiger partial charge in [0.15, 0.2) is 0 Å². The Labute approximate surface area is 102 Å². The van der Waals surface area contributed by atoms with Crippen molar-refractivity contribution in [3.63, 3.8) is 0 Å². The molecule has 0 aromatic heterocycles. The second-order valence-corrected chi connectivity index (χ2v) is 4.51. The number of ether oxygens (including phenoxy) is 1. The molecule has 1 unspecified atom stereocenters. The van der Waals surface area contributed by atoms with Gasteiger partial charge in [-0.3, -0.25) is 0 Å². The number of aliphatic hydroxyl groups excluding tert-OH is 1. The van der Waals surface area contributed by atoms with Gasteiger partial charge in [0, 0.05) is 20.2 Å². The molecule has 0 amide bonds. The topological polar surface area (TPSA) is 61.7 Å². The van der Waals surface area contributed by atoms with Crippen LogP contribution in [0, 0.1) is 0 Å². The summed E-state index contributed by atoms with van der Waals surface area (Å²) in [6.07, 6.45) is 0. The van der Waals surface area contributed by atoms with Gasteiger partial charge < -0.3 is 20.3 Å². The van der Waals surface area contributed by atoms with Gasteiger partial charge >= 0.3 is 0 Å². The average molecular weight is 239 g/mol. The largest absolute Gasteiger partial charge is 0.393 e. The molecule has 1 rings (SSSR count). The van der Waals surface area contributed by atoms with Crippen molar-refractivity contribution in [3.05, 3.63) is 35.4 Å². The van der Waals surface area contributed by atoms with Gasteiger partial charge in [-0.2, -0.15) is 0 Å². The minimum atomic E-state index is -1.06. The van der Waals surface area contributed by atoms with Gasteiger partial charge in [0.25, 0.3) is 0 Å². The van der Waals surface area contributed by atoms with E-state index >= 15 is 0 Å². The van der Waals surface area contributed by atoms with Crippen LogP contribution >= 0.6 is 0 Å². The Hall–Kier alpha value is -0.940. The Balaban J connectivity index is 2.37.